The van der Waals surface area contributed by atoms with Crippen molar-refractivity contribution < 1.29 is 234 Å². The van der Waals surface area contributed by atoms with Gasteiger partial charge in [-0.05, 0) is 12.8 Å². The fraction of sp³-hybridized carbons (Fsp3) is 0.921. The molecule has 0 aliphatic heterocycles. The van der Waals surface area contributed by atoms with E-state index in [0.29, 0.717) is 48.7 Å². The number of halogens is 3. The molecule has 0 radical (unpaired) electrons. The summed E-state index contributed by atoms with van der Waals surface area (Å²) >= 11 is 9.41. The number of carbonyl (C=O) groups is 1. The van der Waals surface area contributed by atoms with Gasteiger partial charge in [0, 0.05) is 65.6 Å². The highest BCUT2D eigenvalue weighted by Gasteiger charge is 2.25. The average molecular weight is 2260 g/mol. The second-order valence-electron chi connectivity index (χ2n) is 30.7. The Morgan fingerprint density at radius 2 is 0.393 bits per heavy atom. The van der Waals surface area contributed by atoms with Gasteiger partial charge in [-0.15, -0.1) is 19.7 Å². The molecule has 51 heteroatoms. The van der Waals surface area contributed by atoms with Crippen LogP contribution in [-0.4, -0.2) is 600 Å². The fourth-order valence-corrected chi connectivity index (χ4v) is 10.1. The standard InChI is InChI=1S/C28H58O15.C25H49Br3O14.C25H46O11.C7H16O5.C3H6O2.CH4O/c1-5-21(29)8-37-11-24(32)13-40-18-27(17-36-4)43-20-28(19-41-14-25(33)12-38-9-22(30)6-2)42-16-26(34)15-39-10-23(31)7-35-3;1-35-14-24(15-39-10-21(32)8-36-5-18(29)2-26)42-17-25(41-13-23(34)12-38-7-20(31)4-28)16-40-11-22(33)9-37-6-19(30)3-27;1-5-8-30-11-21(26)14-33-18-24(17-29-4)36-20-25(35-16-23(28)13-32-10-7-3)19-34-15-22(27)12-31-9-6-2;1-11-5-7(3-9)12-4-6(10)2-8;1-3(4)5-2;1-2/h21-34H,5-20H2,1-4H3;18-25,29-34H,2-17H2,1H3;5-7,21-28H,1-3,8-20H2,4H3;6-10H,2-5H2,1H3;1-2H3;2H,1H3. The third kappa shape index (κ3) is 109. The number of aliphatic hydroxyl groups is 19. The molecule has 0 saturated carbocycles. The maximum atomic E-state index is 10.2. The molecule has 844 valence electrons. The molecule has 19 N–H and O–H groups in total. The van der Waals surface area contributed by atoms with Crippen molar-refractivity contribution in [2.24, 2.45) is 0 Å². The van der Waals surface area contributed by atoms with Crippen LogP contribution in [0.25, 0.3) is 0 Å². The topological polar surface area (TPSA) is 660 Å². The van der Waals surface area contributed by atoms with Crippen molar-refractivity contribution in [1.82, 2.24) is 0 Å². The summed E-state index contributed by atoms with van der Waals surface area (Å²) in [5.41, 5.74) is 0. The molecule has 0 aliphatic carbocycles. The van der Waals surface area contributed by atoms with Crippen LogP contribution in [0, 0.1) is 0 Å². The third-order valence-corrected chi connectivity index (χ3v) is 18.9. The highest BCUT2D eigenvalue weighted by atomic mass is 79.9. The Labute approximate surface area is 852 Å². The van der Waals surface area contributed by atoms with Gasteiger partial charge in [-0.2, -0.15) is 0 Å². The van der Waals surface area contributed by atoms with Crippen LogP contribution in [0.4, 0.5) is 0 Å². The van der Waals surface area contributed by atoms with Gasteiger partial charge in [0.1, 0.15) is 110 Å². The molecule has 0 bridgehead atoms. The van der Waals surface area contributed by atoms with E-state index in [1.807, 2.05) is 13.8 Å². The molecule has 48 nitrogen and oxygen atoms in total. The Balaban J connectivity index is -0.000000439. The molecule has 140 heavy (non-hydrogen) atoms. The number of hydrogen-bond donors (Lipinski definition) is 19. The average Bonchev–Trinajstić information content (AvgIpc) is 0.946. The number of carbonyl (C=O) groups excluding carboxylic acids is 1. The quantitative estimate of drug-likeness (QED) is 0.0118. The van der Waals surface area contributed by atoms with Crippen LogP contribution in [0.1, 0.15) is 33.6 Å². The number of methoxy groups -OCH3 is 6. The molecule has 0 aliphatic rings. The van der Waals surface area contributed by atoms with Crippen molar-refractivity contribution in [3.63, 3.8) is 0 Å². The van der Waals surface area contributed by atoms with Crippen LogP contribution in [0.3, 0.4) is 0 Å². The smallest absolute Gasteiger partial charge is 0.302 e. The van der Waals surface area contributed by atoms with E-state index >= 15 is 0 Å². The molecule has 0 amide bonds. The van der Waals surface area contributed by atoms with Crippen molar-refractivity contribution in [1.29, 1.82) is 0 Å². The van der Waals surface area contributed by atoms with Crippen LogP contribution >= 0.6 is 47.8 Å². The lowest BCUT2D eigenvalue weighted by molar-refractivity contribution is -0.137. The van der Waals surface area contributed by atoms with Gasteiger partial charge in [0.25, 0.3) is 0 Å². The van der Waals surface area contributed by atoms with Crippen molar-refractivity contribution in [2.75, 3.05) is 356 Å². The Morgan fingerprint density at radius 3 is 0.586 bits per heavy atom. The maximum absolute atomic E-state index is 10.2. The van der Waals surface area contributed by atoms with Crippen molar-refractivity contribution in [3.05, 3.63) is 38.0 Å². The van der Waals surface area contributed by atoms with Crippen molar-refractivity contribution in [3.8, 4) is 0 Å². The number of esters is 1. The summed E-state index contributed by atoms with van der Waals surface area (Å²) in [5, 5.41) is 182. The molecule has 0 aromatic heterocycles. The number of aliphatic hydroxyl groups excluding tert-OH is 19. The summed E-state index contributed by atoms with van der Waals surface area (Å²) in [6.45, 7) is 18.4. The molecule has 0 aromatic rings. The van der Waals surface area contributed by atoms with E-state index < -0.39 is 140 Å². The Kier molecular flexibility index (Phi) is 120. The van der Waals surface area contributed by atoms with E-state index in [1.165, 1.54) is 42.5 Å². The summed E-state index contributed by atoms with van der Waals surface area (Å²) in [4.78, 5) is 9.59. The molecule has 0 fully saturated rings. The van der Waals surface area contributed by atoms with Crippen LogP contribution < -0.4 is 0 Å². The van der Waals surface area contributed by atoms with Gasteiger partial charge in [-0.3, -0.25) is 4.79 Å². The first kappa shape index (κ1) is 149. The number of ether oxygens (including phenoxy) is 28. The first-order chi connectivity index (χ1) is 67.3. The van der Waals surface area contributed by atoms with Crippen LogP contribution in [0.5, 0.6) is 0 Å². The normalized spacial score (nSPS) is 16.5. The fourth-order valence-electron chi connectivity index (χ4n) is 9.49. The summed E-state index contributed by atoms with van der Waals surface area (Å²) in [5.74, 6) is -0.245. The lowest BCUT2D eigenvalue weighted by atomic mass is 10.3. The minimum atomic E-state index is -0.985. The third-order valence-electron chi connectivity index (χ3n) is 16.6. The largest absolute Gasteiger partial charge is 0.469 e. The van der Waals surface area contributed by atoms with Crippen LogP contribution in [-0.2, 0) is 137 Å². The van der Waals surface area contributed by atoms with Gasteiger partial charge < -0.3 is 230 Å². The zero-order valence-corrected chi connectivity index (χ0v) is 88.5. The lowest BCUT2D eigenvalue weighted by Gasteiger charge is -2.24. The summed E-state index contributed by atoms with van der Waals surface area (Å²) in [7, 11) is 9.87. The Bertz CT molecular complexity index is 2500. The molecule has 0 rings (SSSR count). The minimum absolute atomic E-state index is 0.00186. The Morgan fingerprint density at radius 1 is 0.229 bits per heavy atom. The minimum Gasteiger partial charge on any atom is -0.469 e. The molecule has 0 heterocycles. The van der Waals surface area contributed by atoms with Crippen LogP contribution in [0.15, 0.2) is 38.0 Å². The lowest BCUT2D eigenvalue weighted by Crippen LogP contribution is -2.36. The predicted octanol–water partition coefficient (Wildman–Crippen LogP) is -4.77. The SMILES string of the molecule is C=CCOCC(O)COCC(COC)OCC(COCC(O)COCC=C)OCC(O)COCC=C.CCC(O)COCC(O)COCC(COC)OCC(COCC(O)COCC(O)CC)OCC(O)COCC(O)COC.CO.COC(C)=O.COCC(CO)OCC(O)CO.COCC(COCC(O)COCC(O)CBr)OCC(COCC(O)COCC(O)CBr)OCC(O)COCC(O)CBr. The first-order valence-electron chi connectivity index (χ1n) is 45.8. The second-order valence-corrected chi connectivity index (χ2v) is 32.6. The number of alkyl halides is 3. The molecule has 23 atom stereocenters. The summed E-state index contributed by atoms with van der Waals surface area (Å²) in [6.07, 6.45) is -10.7. The predicted molar refractivity (Wildman–Crippen MR) is 519 cm³/mol. The van der Waals surface area contributed by atoms with Gasteiger partial charge in [0.15, 0.2) is 0 Å². The summed E-state index contributed by atoms with van der Waals surface area (Å²) in [6, 6.07) is 0. The van der Waals surface area contributed by atoms with E-state index in [4.69, 9.17) is 148 Å². The first-order valence-corrected chi connectivity index (χ1v) is 49.2. The van der Waals surface area contributed by atoms with E-state index in [-0.39, 0.29) is 277 Å². The highest BCUT2D eigenvalue weighted by Crippen LogP contribution is 2.11. The molecule has 23 unspecified atom stereocenters. The Hall–Kier alpha value is -1.71. The second kappa shape index (κ2) is 113. The molecular weight excluding hydrogens is 2080 g/mol. The maximum Gasteiger partial charge on any atom is 0.302 e. The monoisotopic (exact) mass is 2250 g/mol. The zero-order chi connectivity index (χ0) is 106. The van der Waals surface area contributed by atoms with Crippen LogP contribution in [0.2, 0.25) is 0 Å². The highest BCUT2D eigenvalue weighted by molar-refractivity contribution is 9.09. The van der Waals surface area contributed by atoms with Crippen molar-refractivity contribution in [2.45, 2.75) is 174 Å². The van der Waals surface area contributed by atoms with E-state index in [1.54, 1.807) is 25.3 Å². The summed E-state index contributed by atoms with van der Waals surface area (Å²) < 4.78 is 150. The van der Waals surface area contributed by atoms with E-state index in [9.17, 15) is 81.4 Å². The van der Waals surface area contributed by atoms with Gasteiger partial charge in [0.2, 0.25) is 0 Å². The number of hydrogen-bond acceptors (Lipinski definition) is 48. The van der Waals surface area contributed by atoms with E-state index in [0.717, 1.165) is 7.11 Å². The number of rotatable bonds is 98. The van der Waals surface area contributed by atoms with Gasteiger partial charge in [-0.25, -0.2) is 0 Å². The van der Waals surface area contributed by atoms with Gasteiger partial charge >= 0.3 is 5.97 Å². The van der Waals surface area contributed by atoms with Crippen molar-refractivity contribution >= 4 is 53.8 Å². The molecule has 0 spiro atoms. The zero-order valence-electron chi connectivity index (χ0n) is 83.8. The van der Waals surface area contributed by atoms with E-state index in [2.05, 4.69) is 72.3 Å². The molecule has 0 saturated heterocycles. The van der Waals surface area contributed by atoms with Gasteiger partial charge in [-0.1, -0.05) is 79.9 Å². The molecule has 0 aromatic carbocycles. The molecular formula is C89H179Br3O48. The van der Waals surface area contributed by atoms with Gasteiger partial charge in [0.05, 0.1) is 328 Å².